The molecule has 3 rings (SSSR count). The lowest BCUT2D eigenvalue weighted by atomic mass is 10.1. The fraction of sp³-hybridized carbons (Fsp3) is 0.217. The summed E-state index contributed by atoms with van der Waals surface area (Å²) in [5.41, 5.74) is 4.13. The van der Waals surface area contributed by atoms with Crippen LogP contribution in [0.1, 0.15) is 19.4 Å². The Morgan fingerprint density at radius 1 is 1.07 bits per heavy atom. The van der Waals surface area contributed by atoms with Gasteiger partial charge in [0.1, 0.15) is 17.2 Å². The Morgan fingerprint density at radius 2 is 1.73 bits per heavy atom. The Kier molecular flexibility index (Phi) is 6.74. The summed E-state index contributed by atoms with van der Waals surface area (Å²) in [7, 11) is 3.20. The van der Waals surface area contributed by atoms with Crippen molar-refractivity contribution in [2.24, 2.45) is 10.1 Å². The van der Waals surface area contributed by atoms with Gasteiger partial charge in [-0.25, -0.2) is 4.68 Å². The zero-order valence-corrected chi connectivity index (χ0v) is 18.4. The highest BCUT2D eigenvalue weighted by molar-refractivity contribution is 7.07. The first kappa shape index (κ1) is 21.4. The van der Waals surface area contributed by atoms with Crippen LogP contribution in [0.4, 0.5) is 0 Å². The van der Waals surface area contributed by atoms with Crippen molar-refractivity contribution < 1.29 is 14.6 Å². The Hall–Kier alpha value is -3.32. The minimum absolute atomic E-state index is 0.109. The molecule has 2 aromatic carbocycles. The summed E-state index contributed by atoms with van der Waals surface area (Å²) in [6.45, 7) is 8.24. The minimum Gasteiger partial charge on any atom is -0.507 e. The maximum absolute atomic E-state index is 10.4. The standard InChI is InChI=1S/C23H25N3O3S/c1-15(2)13-24-23-26(21(14-30-23)17-6-8-18(28-4)9-7-17)25-16(3)20-11-10-19(29-5)12-22(20)27/h6-12,14,27H,1,13H2,2-5H3. The van der Waals surface area contributed by atoms with Crippen LogP contribution in [-0.4, -0.2) is 36.3 Å². The Morgan fingerprint density at radius 3 is 2.33 bits per heavy atom. The second kappa shape index (κ2) is 9.45. The third kappa shape index (κ3) is 4.80. The third-order valence-corrected chi connectivity index (χ3v) is 5.25. The van der Waals surface area contributed by atoms with Gasteiger partial charge >= 0.3 is 0 Å². The minimum atomic E-state index is 0.109. The molecular formula is C23H25N3O3S. The van der Waals surface area contributed by atoms with Crippen LogP contribution in [-0.2, 0) is 0 Å². The lowest BCUT2D eigenvalue weighted by Crippen LogP contribution is -2.15. The molecule has 0 aliphatic rings. The molecule has 0 saturated heterocycles. The van der Waals surface area contributed by atoms with E-state index in [4.69, 9.17) is 14.6 Å². The second-order valence-electron chi connectivity index (χ2n) is 6.79. The molecule has 0 fully saturated rings. The molecule has 156 valence electrons. The highest BCUT2D eigenvalue weighted by Crippen LogP contribution is 2.26. The third-order valence-electron chi connectivity index (χ3n) is 4.40. The molecule has 6 nitrogen and oxygen atoms in total. The van der Waals surface area contributed by atoms with E-state index in [2.05, 4.69) is 11.6 Å². The fourth-order valence-electron chi connectivity index (χ4n) is 2.82. The van der Waals surface area contributed by atoms with Crippen LogP contribution in [0, 0.1) is 0 Å². The predicted molar refractivity (Wildman–Crippen MR) is 122 cm³/mol. The number of nitrogens with zero attached hydrogens (tertiary/aromatic N) is 3. The van der Waals surface area contributed by atoms with Crippen molar-refractivity contribution in [1.82, 2.24) is 4.68 Å². The molecule has 0 aliphatic carbocycles. The van der Waals surface area contributed by atoms with Gasteiger partial charge in [-0.2, -0.15) is 5.10 Å². The van der Waals surface area contributed by atoms with Crippen molar-refractivity contribution >= 4 is 17.0 Å². The number of hydrogen-bond acceptors (Lipinski definition) is 6. The summed E-state index contributed by atoms with van der Waals surface area (Å²) < 4.78 is 12.2. The van der Waals surface area contributed by atoms with E-state index in [0.717, 1.165) is 27.4 Å². The number of thiazole rings is 1. The summed E-state index contributed by atoms with van der Waals surface area (Å²) >= 11 is 1.50. The van der Waals surface area contributed by atoms with Gasteiger partial charge in [0.25, 0.3) is 0 Å². The van der Waals surface area contributed by atoms with E-state index in [0.29, 0.717) is 23.6 Å². The Labute approximate surface area is 180 Å². The summed E-state index contributed by atoms with van der Waals surface area (Å²) in [5, 5.41) is 17.2. The first-order valence-electron chi connectivity index (χ1n) is 9.35. The van der Waals surface area contributed by atoms with Crippen LogP contribution < -0.4 is 14.3 Å². The van der Waals surface area contributed by atoms with Gasteiger partial charge in [0.2, 0.25) is 4.80 Å². The predicted octanol–water partition coefficient (Wildman–Crippen LogP) is 4.69. The first-order chi connectivity index (χ1) is 14.4. The maximum atomic E-state index is 10.4. The second-order valence-corrected chi connectivity index (χ2v) is 7.62. The largest absolute Gasteiger partial charge is 0.507 e. The molecule has 1 N–H and O–H groups in total. The first-order valence-corrected chi connectivity index (χ1v) is 10.2. The zero-order chi connectivity index (χ0) is 21.7. The highest BCUT2D eigenvalue weighted by atomic mass is 32.1. The number of methoxy groups -OCH3 is 2. The van der Waals surface area contributed by atoms with Crippen molar-refractivity contribution in [3.63, 3.8) is 0 Å². The van der Waals surface area contributed by atoms with E-state index in [1.54, 1.807) is 37.1 Å². The number of hydrogen-bond donors (Lipinski definition) is 1. The highest BCUT2D eigenvalue weighted by Gasteiger charge is 2.11. The molecule has 0 amide bonds. The summed E-state index contributed by atoms with van der Waals surface area (Å²) in [6.07, 6.45) is 0. The molecule has 1 heterocycles. The monoisotopic (exact) mass is 423 g/mol. The van der Waals surface area contributed by atoms with Crippen LogP contribution in [0.5, 0.6) is 17.2 Å². The molecule has 0 atom stereocenters. The van der Waals surface area contributed by atoms with Crippen molar-refractivity contribution in [3.05, 3.63) is 70.4 Å². The summed E-state index contributed by atoms with van der Waals surface area (Å²) in [5.74, 6) is 1.48. The van der Waals surface area contributed by atoms with Crippen LogP contribution in [0.15, 0.2) is 70.1 Å². The van der Waals surface area contributed by atoms with E-state index in [-0.39, 0.29) is 5.75 Å². The van der Waals surface area contributed by atoms with E-state index in [1.165, 1.54) is 11.3 Å². The molecule has 0 radical (unpaired) electrons. The van der Waals surface area contributed by atoms with E-state index in [1.807, 2.05) is 43.5 Å². The summed E-state index contributed by atoms with van der Waals surface area (Å²) in [4.78, 5) is 5.40. The van der Waals surface area contributed by atoms with Crippen LogP contribution in [0.2, 0.25) is 0 Å². The van der Waals surface area contributed by atoms with Gasteiger partial charge in [0.05, 0.1) is 32.2 Å². The number of aromatic hydroxyl groups is 1. The van der Waals surface area contributed by atoms with Crippen LogP contribution >= 0.6 is 11.3 Å². The molecular weight excluding hydrogens is 398 g/mol. The topological polar surface area (TPSA) is 68.3 Å². The normalized spacial score (nSPS) is 12.1. The van der Waals surface area contributed by atoms with Crippen LogP contribution in [0.3, 0.4) is 0 Å². The van der Waals surface area contributed by atoms with Crippen molar-refractivity contribution in [2.75, 3.05) is 20.8 Å². The maximum Gasteiger partial charge on any atom is 0.206 e. The molecule has 3 aromatic rings. The number of phenolic OH excluding ortho intramolecular Hbond substituents is 1. The van der Waals surface area contributed by atoms with Gasteiger partial charge < -0.3 is 14.6 Å². The lowest BCUT2D eigenvalue weighted by molar-refractivity contribution is 0.407. The van der Waals surface area contributed by atoms with E-state index >= 15 is 0 Å². The SMILES string of the molecule is C=C(C)CN=c1scc(-c2ccc(OC)cc2)n1N=C(C)c1ccc(OC)cc1O. The number of ether oxygens (including phenoxy) is 2. The van der Waals surface area contributed by atoms with Crippen molar-refractivity contribution in [1.29, 1.82) is 0 Å². The Balaban J connectivity index is 2.12. The molecule has 0 spiro atoms. The molecule has 30 heavy (non-hydrogen) atoms. The molecule has 7 heteroatoms. The van der Waals surface area contributed by atoms with Crippen molar-refractivity contribution in [2.45, 2.75) is 13.8 Å². The fourth-order valence-corrected chi connectivity index (χ4v) is 3.65. The average molecular weight is 424 g/mol. The molecule has 0 aliphatic heterocycles. The number of aromatic nitrogens is 1. The Bertz CT molecular complexity index is 1140. The molecule has 0 bridgehead atoms. The number of phenols is 1. The molecule has 0 unspecified atom stereocenters. The van der Waals surface area contributed by atoms with Gasteiger partial charge in [-0.05, 0) is 50.2 Å². The van der Waals surface area contributed by atoms with Crippen molar-refractivity contribution in [3.8, 4) is 28.5 Å². The van der Waals surface area contributed by atoms with Crippen LogP contribution in [0.25, 0.3) is 11.3 Å². The zero-order valence-electron chi connectivity index (χ0n) is 17.5. The van der Waals surface area contributed by atoms with E-state index in [9.17, 15) is 5.11 Å². The van der Waals surface area contributed by atoms with Gasteiger partial charge in [-0.1, -0.05) is 12.2 Å². The van der Waals surface area contributed by atoms with E-state index < -0.39 is 0 Å². The number of benzene rings is 2. The smallest absolute Gasteiger partial charge is 0.206 e. The molecule has 1 aromatic heterocycles. The number of rotatable bonds is 7. The van der Waals surface area contributed by atoms with Gasteiger partial charge in [-0.15, -0.1) is 11.3 Å². The molecule has 0 saturated carbocycles. The average Bonchev–Trinajstić information content (AvgIpc) is 3.14. The van der Waals surface area contributed by atoms with Gasteiger partial charge in [-0.3, -0.25) is 4.99 Å². The summed E-state index contributed by atoms with van der Waals surface area (Å²) in [6, 6.07) is 12.9. The van der Waals surface area contributed by atoms with Gasteiger partial charge in [0, 0.05) is 22.6 Å². The lowest BCUT2D eigenvalue weighted by Gasteiger charge is -2.09. The quantitative estimate of drug-likeness (QED) is 0.443. The van der Waals surface area contributed by atoms with Gasteiger partial charge in [0.15, 0.2) is 0 Å².